The molecule has 0 bridgehead atoms. The second-order valence-electron chi connectivity index (χ2n) is 6.39. The SMILES string of the molecule is COC(=O)c1c(COC(=O)Cc2ccc(C)cc2)nc2ccccc2c1C. The van der Waals surface area contributed by atoms with Crippen LogP contribution >= 0.6 is 0 Å². The maximum Gasteiger partial charge on any atom is 0.340 e. The second kappa shape index (κ2) is 7.99. The van der Waals surface area contributed by atoms with E-state index in [-0.39, 0.29) is 19.0 Å². The zero-order valence-corrected chi connectivity index (χ0v) is 15.6. The standard InChI is InChI=1S/C22H21NO4/c1-14-8-10-16(11-9-14)12-20(24)27-13-19-21(22(25)26-3)15(2)17-6-4-5-7-18(17)23-19/h4-11H,12-13H2,1-3H3. The van der Waals surface area contributed by atoms with Crippen LogP contribution in [0.15, 0.2) is 48.5 Å². The summed E-state index contributed by atoms with van der Waals surface area (Å²) >= 11 is 0. The van der Waals surface area contributed by atoms with Gasteiger partial charge >= 0.3 is 11.9 Å². The van der Waals surface area contributed by atoms with Crippen LogP contribution < -0.4 is 0 Å². The van der Waals surface area contributed by atoms with E-state index in [9.17, 15) is 9.59 Å². The molecule has 0 saturated heterocycles. The van der Waals surface area contributed by atoms with E-state index in [4.69, 9.17) is 9.47 Å². The molecule has 0 N–H and O–H groups in total. The number of pyridine rings is 1. The predicted molar refractivity (Wildman–Crippen MR) is 102 cm³/mol. The highest BCUT2D eigenvalue weighted by atomic mass is 16.5. The summed E-state index contributed by atoms with van der Waals surface area (Å²) in [5.41, 5.74) is 4.26. The van der Waals surface area contributed by atoms with Crippen LogP contribution in [0.1, 0.15) is 32.7 Å². The van der Waals surface area contributed by atoms with Gasteiger partial charge in [0.1, 0.15) is 6.61 Å². The number of benzene rings is 2. The number of nitrogens with zero attached hydrogens (tertiary/aromatic N) is 1. The van der Waals surface area contributed by atoms with E-state index in [1.54, 1.807) is 0 Å². The highest BCUT2D eigenvalue weighted by Crippen LogP contribution is 2.24. The molecule has 5 nitrogen and oxygen atoms in total. The van der Waals surface area contributed by atoms with Crippen LogP contribution in [0.4, 0.5) is 0 Å². The Kier molecular flexibility index (Phi) is 5.50. The molecule has 2 aromatic carbocycles. The Morgan fingerprint density at radius 1 is 1.00 bits per heavy atom. The Balaban J connectivity index is 1.83. The lowest BCUT2D eigenvalue weighted by molar-refractivity contribution is -0.144. The molecule has 0 aliphatic heterocycles. The summed E-state index contributed by atoms with van der Waals surface area (Å²) in [5, 5.41) is 0.868. The van der Waals surface area contributed by atoms with E-state index in [2.05, 4.69) is 4.98 Å². The summed E-state index contributed by atoms with van der Waals surface area (Å²) in [6.45, 7) is 3.75. The van der Waals surface area contributed by atoms with Gasteiger partial charge in [-0.15, -0.1) is 0 Å². The topological polar surface area (TPSA) is 65.5 Å². The van der Waals surface area contributed by atoms with Crippen molar-refractivity contribution in [3.8, 4) is 0 Å². The number of hydrogen-bond acceptors (Lipinski definition) is 5. The summed E-state index contributed by atoms with van der Waals surface area (Å²) in [6.07, 6.45) is 0.167. The molecule has 138 valence electrons. The van der Waals surface area contributed by atoms with E-state index in [0.717, 1.165) is 27.6 Å². The van der Waals surface area contributed by atoms with Gasteiger partial charge in [-0.3, -0.25) is 4.79 Å². The van der Waals surface area contributed by atoms with Gasteiger partial charge in [-0.25, -0.2) is 9.78 Å². The number of ether oxygens (including phenoxy) is 2. The first-order chi connectivity index (χ1) is 13.0. The normalized spacial score (nSPS) is 10.6. The lowest BCUT2D eigenvalue weighted by Gasteiger charge is -2.13. The van der Waals surface area contributed by atoms with E-state index in [1.165, 1.54) is 7.11 Å². The first-order valence-corrected chi connectivity index (χ1v) is 8.67. The molecule has 0 spiro atoms. The molecular formula is C22H21NO4. The number of esters is 2. The van der Waals surface area contributed by atoms with Gasteiger partial charge in [-0.2, -0.15) is 0 Å². The summed E-state index contributed by atoms with van der Waals surface area (Å²) in [7, 11) is 1.32. The Morgan fingerprint density at radius 3 is 2.41 bits per heavy atom. The molecule has 0 fully saturated rings. The van der Waals surface area contributed by atoms with Crippen LogP contribution in [0.2, 0.25) is 0 Å². The number of aryl methyl sites for hydroxylation is 2. The van der Waals surface area contributed by atoms with E-state index >= 15 is 0 Å². The lowest BCUT2D eigenvalue weighted by atomic mass is 10.0. The number of fused-ring (bicyclic) bond motifs is 1. The van der Waals surface area contributed by atoms with Gasteiger partial charge < -0.3 is 9.47 Å². The van der Waals surface area contributed by atoms with Crippen molar-refractivity contribution in [2.24, 2.45) is 0 Å². The molecule has 0 amide bonds. The van der Waals surface area contributed by atoms with Crippen LogP contribution in [0.25, 0.3) is 10.9 Å². The Hall–Kier alpha value is -3.21. The molecule has 3 rings (SSSR count). The third-order valence-corrected chi connectivity index (χ3v) is 4.46. The van der Waals surface area contributed by atoms with Crippen LogP contribution in [-0.2, 0) is 27.3 Å². The number of carbonyl (C=O) groups is 2. The smallest absolute Gasteiger partial charge is 0.340 e. The van der Waals surface area contributed by atoms with Gasteiger partial charge in [0.2, 0.25) is 0 Å². The van der Waals surface area contributed by atoms with Crippen LogP contribution in [-0.4, -0.2) is 24.0 Å². The number of methoxy groups -OCH3 is 1. The van der Waals surface area contributed by atoms with Crippen molar-refractivity contribution in [2.75, 3.05) is 7.11 Å². The van der Waals surface area contributed by atoms with E-state index in [0.29, 0.717) is 11.3 Å². The zero-order valence-electron chi connectivity index (χ0n) is 15.6. The molecule has 0 atom stereocenters. The summed E-state index contributed by atoms with van der Waals surface area (Å²) in [4.78, 5) is 29.0. The summed E-state index contributed by atoms with van der Waals surface area (Å²) in [6, 6.07) is 15.2. The third kappa shape index (κ3) is 4.14. The molecular weight excluding hydrogens is 342 g/mol. The van der Waals surface area contributed by atoms with Gasteiger partial charge in [0.05, 0.1) is 30.3 Å². The van der Waals surface area contributed by atoms with Crippen molar-refractivity contribution in [1.82, 2.24) is 4.98 Å². The molecule has 3 aromatic rings. The molecule has 0 unspecified atom stereocenters. The molecule has 5 heteroatoms. The maximum absolute atomic E-state index is 12.3. The first kappa shape index (κ1) is 18.6. The predicted octanol–water partition coefficient (Wildman–Crippen LogP) is 3.92. The van der Waals surface area contributed by atoms with Crippen molar-refractivity contribution in [1.29, 1.82) is 0 Å². The fourth-order valence-corrected chi connectivity index (χ4v) is 2.99. The second-order valence-corrected chi connectivity index (χ2v) is 6.39. The van der Waals surface area contributed by atoms with Crippen molar-refractivity contribution >= 4 is 22.8 Å². The molecule has 27 heavy (non-hydrogen) atoms. The third-order valence-electron chi connectivity index (χ3n) is 4.46. The fraction of sp³-hybridized carbons (Fsp3) is 0.227. The largest absolute Gasteiger partial charge is 0.465 e. The minimum atomic E-state index is -0.490. The quantitative estimate of drug-likeness (QED) is 0.643. The Labute approximate surface area is 157 Å². The van der Waals surface area contributed by atoms with Gasteiger partial charge in [0, 0.05) is 5.39 Å². The van der Waals surface area contributed by atoms with Crippen molar-refractivity contribution in [3.63, 3.8) is 0 Å². The number of carbonyl (C=O) groups excluding carboxylic acids is 2. The number of hydrogen-bond donors (Lipinski definition) is 0. The summed E-state index contributed by atoms with van der Waals surface area (Å²) < 4.78 is 10.3. The minimum absolute atomic E-state index is 0.0825. The van der Waals surface area contributed by atoms with E-state index in [1.807, 2.05) is 62.4 Å². The maximum atomic E-state index is 12.3. The molecule has 0 aliphatic carbocycles. The molecule has 1 aromatic heterocycles. The first-order valence-electron chi connectivity index (χ1n) is 8.67. The monoisotopic (exact) mass is 363 g/mol. The summed E-state index contributed by atoms with van der Waals surface area (Å²) in [5.74, 6) is -0.863. The van der Waals surface area contributed by atoms with Crippen LogP contribution in [0.5, 0.6) is 0 Å². The van der Waals surface area contributed by atoms with Gasteiger partial charge in [0.15, 0.2) is 0 Å². The molecule has 0 radical (unpaired) electrons. The Bertz CT molecular complexity index is 993. The van der Waals surface area contributed by atoms with Crippen LogP contribution in [0, 0.1) is 13.8 Å². The highest BCUT2D eigenvalue weighted by molar-refractivity contribution is 5.98. The number of aromatic nitrogens is 1. The number of para-hydroxylation sites is 1. The fourth-order valence-electron chi connectivity index (χ4n) is 2.99. The average Bonchev–Trinajstić information content (AvgIpc) is 2.68. The zero-order chi connectivity index (χ0) is 19.4. The molecule has 1 heterocycles. The van der Waals surface area contributed by atoms with Crippen molar-refractivity contribution < 1.29 is 19.1 Å². The minimum Gasteiger partial charge on any atom is -0.465 e. The highest BCUT2D eigenvalue weighted by Gasteiger charge is 2.20. The van der Waals surface area contributed by atoms with Gasteiger partial charge in [-0.05, 0) is 31.0 Å². The lowest BCUT2D eigenvalue weighted by Crippen LogP contribution is -2.14. The van der Waals surface area contributed by atoms with Crippen molar-refractivity contribution in [2.45, 2.75) is 26.9 Å². The Morgan fingerprint density at radius 2 is 1.70 bits per heavy atom. The van der Waals surface area contributed by atoms with Crippen LogP contribution in [0.3, 0.4) is 0 Å². The van der Waals surface area contributed by atoms with Gasteiger partial charge in [-0.1, -0.05) is 48.0 Å². The number of rotatable bonds is 5. The van der Waals surface area contributed by atoms with Crippen molar-refractivity contribution in [3.05, 3.63) is 76.5 Å². The van der Waals surface area contributed by atoms with Gasteiger partial charge in [0.25, 0.3) is 0 Å². The van der Waals surface area contributed by atoms with E-state index < -0.39 is 5.97 Å². The molecule has 0 aliphatic rings. The average molecular weight is 363 g/mol. The molecule has 0 saturated carbocycles.